The second-order valence-electron chi connectivity index (χ2n) is 6.21. The van der Waals surface area contributed by atoms with Crippen LogP contribution in [-0.4, -0.2) is 47.0 Å². The molecule has 2 amide bonds. The van der Waals surface area contributed by atoms with Crippen LogP contribution >= 0.6 is 11.8 Å². The van der Waals surface area contributed by atoms with Gasteiger partial charge in [0.1, 0.15) is 6.04 Å². The molecule has 0 spiro atoms. The molecule has 1 aliphatic rings. The van der Waals surface area contributed by atoms with Crippen LogP contribution in [-0.2, 0) is 4.79 Å². The predicted molar refractivity (Wildman–Crippen MR) is 94.1 cm³/mol. The van der Waals surface area contributed by atoms with Crippen LogP contribution in [0.1, 0.15) is 40.5 Å². The molecule has 0 fully saturated rings. The van der Waals surface area contributed by atoms with Gasteiger partial charge in [-0.1, -0.05) is 40.5 Å². The van der Waals surface area contributed by atoms with Crippen LogP contribution in [0, 0.1) is 11.8 Å². The van der Waals surface area contributed by atoms with Crippen LogP contribution in [0.2, 0.25) is 0 Å². The minimum absolute atomic E-state index is 0.165. The number of amides is 2. The minimum Gasteiger partial charge on any atom is -0.480 e. The third kappa shape index (κ3) is 5.34. The van der Waals surface area contributed by atoms with Crippen LogP contribution in [0.3, 0.4) is 0 Å². The fourth-order valence-corrected chi connectivity index (χ4v) is 4.12. The summed E-state index contributed by atoms with van der Waals surface area (Å²) in [5.41, 5.74) is 1.05. The first kappa shape index (κ1) is 19.7. The van der Waals surface area contributed by atoms with E-state index in [0.717, 1.165) is 18.5 Å². The zero-order chi connectivity index (χ0) is 17.6. The number of nitrogens with zero attached hydrogens (tertiary/aromatic N) is 1. The number of likely N-dealkylation sites (N-methyl/N-ethyl adjacent to an activating group) is 1. The Labute approximate surface area is 143 Å². The van der Waals surface area contributed by atoms with E-state index in [1.807, 2.05) is 7.05 Å². The van der Waals surface area contributed by atoms with Gasteiger partial charge in [0, 0.05) is 12.7 Å². The maximum atomic E-state index is 11.9. The van der Waals surface area contributed by atoms with Crippen molar-refractivity contribution >= 4 is 23.8 Å². The molecule has 3 N–H and O–H groups in total. The SMILES string of the molecule is CCC(CC)C1SC=C(CNC(=O)N[C@H](C(=O)O)C(C)C)N1C. The summed E-state index contributed by atoms with van der Waals surface area (Å²) in [6.45, 7) is 8.33. The Morgan fingerprint density at radius 1 is 1.35 bits per heavy atom. The number of hydrogen-bond donors (Lipinski definition) is 3. The number of hydrogen-bond acceptors (Lipinski definition) is 4. The Morgan fingerprint density at radius 3 is 2.43 bits per heavy atom. The second kappa shape index (κ2) is 9.05. The van der Waals surface area contributed by atoms with Gasteiger partial charge >= 0.3 is 12.0 Å². The Hall–Kier alpha value is -1.37. The molecule has 6 nitrogen and oxygen atoms in total. The van der Waals surface area contributed by atoms with E-state index in [1.165, 1.54) is 0 Å². The number of nitrogens with one attached hydrogen (secondary N) is 2. The second-order valence-corrected chi connectivity index (χ2v) is 7.20. The summed E-state index contributed by atoms with van der Waals surface area (Å²) >= 11 is 1.79. The molecule has 1 unspecified atom stereocenters. The molecule has 132 valence electrons. The van der Waals surface area contributed by atoms with E-state index in [0.29, 0.717) is 17.8 Å². The lowest BCUT2D eigenvalue weighted by Gasteiger charge is -2.30. The van der Waals surface area contributed by atoms with E-state index >= 15 is 0 Å². The number of rotatable bonds is 8. The molecule has 1 rings (SSSR count). The molecule has 23 heavy (non-hydrogen) atoms. The third-order valence-corrected chi connectivity index (χ3v) is 5.67. The van der Waals surface area contributed by atoms with Crippen LogP contribution < -0.4 is 10.6 Å². The van der Waals surface area contributed by atoms with Gasteiger partial charge in [-0.25, -0.2) is 9.59 Å². The molecular weight excluding hydrogens is 314 g/mol. The van der Waals surface area contributed by atoms with Crippen LogP contribution in [0.25, 0.3) is 0 Å². The molecule has 0 bridgehead atoms. The highest BCUT2D eigenvalue weighted by molar-refractivity contribution is 8.02. The first-order valence-electron chi connectivity index (χ1n) is 8.16. The standard InChI is InChI=1S/C16H29N3O3S/c1-6-11(7-2)14-19(5)12(9-23-14)8-17-16(22)18-13(10(3)4)15(20)21/h9-11,13-14H,6-8H2,1-5H3,(H,20,21)(H2,17,18,22)/t13-,14?/m0/s1. The van der Waals surface area contributed by atoms with Gasteiger partial charge in [-0.3, -0.25) is 0 Å². The Bertz CT molecular complexity index is 450. The van der Waals surface area contributed by atoms with E-state index in [2.05, 4.69) is 34.8 Å². The summed E-state index contributed by atoms with van der Waals surface area (Å²) in [5, 5.41) is 16.9. The molecule has 0 radical (unpaired) electrons. The molecule has 0 saturated heterocycles. The minimum atomic E-state index is -1.02. The topological polar surface area (TPSA) is 81.7 Å². The van der Waals surface area contributed by atoms with Gasteiger partial charge in [0.05, 0.1) is 11.9 Å². The van der Waals surface area contributed by atoms with Gasteiger partial charge in [-0.05, 0) is 17.2 Å². The molecule has 2 atom stereocenters. The molecule has 7 heteroatoms. The van der Waals surface area contributed by atoms with Gasteiger partial charge in [0.15, 0.2) is 0 Å². The summed E-state index contributed by atoms with van der Waals surface area (Å²) in [4.78, 5) is 25.2. The molecule has 0 saturated carbocycles. The van der Waals surface area contributed by atoms with E-state index in [1.54, 1.807) is 25.6 Å². The first-order valence-corrected chi connectivity index (χ1v) is 9.10. The maximum absolute atomic E-state index is 11.9. The Kier molecular flexibility index (Phi) is 7.75. The summed E-state index contributed by atoms with van der Waals surface area (Å²) < 4.78 is 0. The number of carboxylic acids is 1. The zero-order valence-corrected chi connectivity index (χ0v) is 15.4. The van der Waals surface area contributed by atoms with Crippen molar-refractivity contribution in [3.8, 4) is 0 Å². The highest BCUT2D eigenvalue weighted by Gasteiger charge is 2.29. The van der Waals surface area contributed by atoms with Crippen LogP contribution in [0.5, 0.6) is 0 Å². The third-order valence-electron chi connectivity index (χ3n) is 4.28. The van der Waals surface area contributed by atoms with Crippen molar-refractivity contribution in [3.63, 3.8) is 0 Å². The lowest BCUT2D eigenvalue weighted by Crippen LogP contribution is -2.49. The van der Waals surface area contributed by atoms with Gasteiger partial charge in [0.25, 0.3) is 0 Å². The number of aliphatic carboxylic acids is 1. The molecular formula is C16H29N3O3S. The molecule has 1 aliphatic heterocycles. The Morgan fingerprint density at radius 2 is 1.96 bits per heavy atom. The average molecular weight is 343 g/mol. The normalized spacial score (nSPS) is 19.0. The van der Waals surface area contributed by atoms with Crippen molar-refractivity contribution < 1.29 is 14.7 Å². The number of carboxylic acid groups (broad SMARTS) is 1. The van der Waals surface area contributed by atoms with Gasteiger partial charge in [-0.2, -0.15) is 0 Å². The predicted octanol–water partition coefficient (Wildman–Crippen LogP) is 2.68. The smallest absolute Gasteiger partial charge is 0.326 e. The fourth-order valence-electron chi connectivity index (χ4n) is 2.65. The fraction of sp³-hybridized carbons (Fsp3) is 0.750. The zero-order valence-electron chi connectivity index (χ0n) is 14.6. The largest absolute Gasteiger partial charge is 0.480 e. The summed E-state index contributed by atoms with van der Waals surface area (Å²) in [6.07, 6.45) is 2.25. The molecule has 0 aromatic heterocycles. The summed E-state index contributed by atoms with van der Waals surface area (Å²) in [7, 11) is 2.04. The van der Waals surface area contributed by atoms with Crippen molar-refractivity contribution in [2.24, 2.45) is 11.8 Å². The van der Waals surface area contributed by atoms with Gasteiger partial charge in [-0.15, -0.1) is 11.8 Å². The van der Waals surface area contributed by atoms with E-state index in [-0.39, 0.29) is 5.92 Å². The van der Waals surface area contributed by atoms with Crippen molar-refractivity contribution in [1.82, 2.24) is 15.5 Å². The first-order chi connectivity index (χ1) is 10.8. The van der Waals surface area contributed by atoms with Gasteiger partial charge in [0.2, 0.25) is 0 Å². The lowest BCUT2D eigenvalue weighted by atomic mass is 10.0. The highest BCUT2D eigenvalue weighted by Crippen LogP contribution is 2.36. The van der Waals surface area contributed by atoms with Crippen molar-refractivity contribution in [3.05, 3.63) is 11.1 Å². The van der Waals surface area contributed by atoms with E-state index in [9.17, 15) is 9.59 Å². The van der Waals surface area contributed by atoms with Crippen molar-refractivity contribution in [2.45, 2.75) is 52.0 Å². The summed E-state index contributed by atoms with van der Waals surface area (Å²) in [6, 6.07) is -1.33. The van der Waals surface area contributed by atoms with Gasteiger partial charge < -0.3 is 20.6 Å². The molecule has 1 heterocycles. The number of carbonyl (C=O) groups excluding carboxylic acids is 1. The number of urea groups is 1. The molecule has 0 aromatic rings. The molecule has 0 aromatic carbocycles. The van der Waals surface area contributed by atoms with Crippen molar-refractivity contribution in [2.75, 3.05) is 13.6 Å². The lowest BCUT2D eigenvalue weighted by molar-refractivity contribution is -0.140. The average Bonchev–Trinajstić information content (AvgIpc) is 2.85. The maximum Gasteiger partial charge on any atom is 0.326 e. The number of carbonyl (C=O) groups is 2. The highest BCUT2D eigenvalue weighted by atomic mass is 32.2. The van der Waals surface area contributed by atoms with Crippen LogP contribution in [0.4, 0.5) is 4.79 Å². The van der Waals surface area contributed by atoms with E-state index in [4.69, 9.17) is 5.11 Å². The van der Waals surface area contributed by atoms with E-state index < -0.39 is 18.0 Å². The quantitative estimate of drug-likeness (QED) is 0.631. The molecule has 0 aliphatic carbocycles. The number of thioether (sulfide) groups is 1. The van der Waals surface area contributed by atoms with Crippen LogP contribution in [0.15, 0.2) is 11.1 Å². The Balaban J connectivity index is 2.49. The monoisotopic (exact) mass is 343 g/mol. The van der Waals surface area contributed by atoms with Crippen molar-refractivity contribution in [1.29, 1.82) is 0 Å². The summed E-state index contributed by atoms with van der Waals surface area (Å²) in [5.74, 6) is -0.567.